The standard InChI is InChI=1S/C14H19NO4S/c1-19-14(18)13-10(6-8-20-13)3-2-7-15-11(9-16)4-5-12(15)17/h6,8,11,16H,2-5,7,9H2,1H3/t11-/m1/s1. The first-order chi connectivity index (χ1) is 9.67. The molecular formula is C14H19NO4S. The average Bonchev–Trinajstić information content (AvgIpc) is 3.06. The summed E-state index contributed by atoms with van der Waals surface area (Å²) in [5.41, 5.74) is 0.967. The molecule has 1 N–H and O–H groups in total. The molecule has 1 aromatic rings. The predicted octanol–water partition coefficient (Wildman–Crippen LogP) is 1.45. The van der Waals surface area contributed by atoms with Gasteiger partial charge in [-0.3, -0.25) is 4.79 Å². The molecule has 1 aliphatic heterocycles. The minimum absolute atomic E-state index is 0.0254. The first kappa shape index (κ1) is 15.0. The largest absolute Gasteiger partial charge is 0.465 e. The third-order valence-electron chi connectivity index (χ3n) is 3.63. The molecule has 0 radical (unpaired) electrons. The number of thiophene rings is 1. The SMILES string of the molecule is COC(=O)c1sccc1CCCN1C(=O)CC[C@@H]1CO. The van der Waals surface area contributed by atoms with Crippen LogP contribution in [0.3, 0.4) is 0 Å². The monoisotopic (exact) mass is 297 g/mol. The molecule has 0 bridgehead atoms. The summed E-state index contributed by atoms with van der Waals surface area (Å²) in [6, 6.07) is 1.89. The summed E-state index contributed by atoms with van der Waals surface area (Å²) in [4.78, 5) is 25.6. The summed E-state index contributed by atoms with van der Waals surface area (Å²) in [5.74, 6) is -0.192. The molecule has 6 heteroatoms. The molecule has 1 fully saturated rings. The van der Waals surface area contributed by atoms with E-state index in [4.69, 9.17) is 4.74 Å². The third-order valence-corrected chi connectivity index (χ3v) is 4.56. The fraction of sp³-hybridized carbons (Fsp3) is 0.571. The van der Waals surface area contributed by atoms with E-state index in [1.54, 1.807) is 4.90 Å². The number of ether oxygens (including phenoxy) is 1. The van der Waals surface area contributed by atoms with E-state index in [1.807, 2.05) is 11.4 Å². The Labute approximate surface area is 122 Å². The van der Waals surface area contributed by atoms with Gasteiger partial charge in [0.2, 0.25) is 5.91 Å². The highest BCUT2D eigenvalue weighted by atomic mass is 32.1. The molecule has 1 saturated heterocycles. The fourth-order valence-corrected chi connectivity index (χ4v) is 3.40. The van der Waals surface area contributed by atoms with Crippen LogP contribution in [0.1, 0.15) is 34.5 Å². The minimum atomic E-state index is -0.305. The van der Waals surface area contributed by atoms with Crippen molar-refractivity contribution >= 4 is 23.2 Å². The normalized spacial score (nSPS) is 18.6. The van der Waals surface area contributed by atoms with Crippen LogP contribution in [-0.2, 0) is 16.0 Å². The van der Waals surface area contributed by atoms with Gasteiger partial charge >= 0.3 is 5.97 Å². The molecule has 1 aliphatic rings. The molecule has 1 amide bonds. The van der Waals surface area contributed by atoms with Crippen molar-refractivity contribution in [1.29, 1.82) is 0 Å². The predicted molar refractivity (Wildman–Crippen MR) is 75.8 cm³/mol. The van der Waals surface area contributed by atoms with Gasteiger partial charge in [-0.25, -0.2) is 4.79 Å². The molecule has 0 aliphatic carbocycles. The van der Waals surface area contributed by atoms with Gasteiger partial charge in [0, 0.05) is 13.0 Å². The van der Waals surface area contributed by atoms with Crippen LogP contribution in [0.4, 0.5) is 0 Å². The Morgan fingerprint density at radius 1 is 1.60 bits per heavy atom. The number of esters is 1. The van der Waals surface area contributed by atoms with E-state index in [9.17, 15) is 14.7 Å². The zero-order valence-electron chi connectivity index (χ0n) is 11.5. The van der Waals surface area contributed by atoms with Gasteiger partial charge in [-0.1, -0.05) is 0 Å². The molecular weight excluding hydrogens is 278 g/mol. The fourth-order valence-electron chi connectivity index (χ4n) is 2.53. The quantitative estimate of drug-likeness (QED) is 0.807. The highest BCUT2D eigenvalue weighted by Gasteiger charge is 2.29. The summed E-state index contributed by atoms with van der Waals surface area (Å²) >= 11 is 1.38. The van der Waals surface area contributed by atoms with E-state index in [0.29, 0.717) is 17.8 Å². The molecule has 2 heterocycles. The maximum Gasteiger partial charge on any atom is 0.348 e. The van der Waals surface area contributed by atoms with Gasteiger partial charge in [-0.2, -0.15) is 0 Å². The molecule has 1 aromatic heterocycles. The molecule has 5 nitrogen and oxygen atoms in total. The number of methoxy groups -OCH3 is 1. The van der Waals surface area contributed by atoms with Crippen LogP contribution in [0.5, 0.6) is 0 Å². The third kappa shape index (κ3) is 3.19. The Hall–Kier alpha value is -1.40. The number of nitrogens with zero attached hydrogens (tertiary/aromatic N) is 1. The van der Waals surface area contributed by atoms with Crippen molar-refractivity contribution in [3.05, 3.63) is 21.9 Å². The molecule has 2 rings (SSSR count). The highest BCUT2D eigenvalue weighted by Crippen LogP contribution is 2.22. The van der Waals surface area contributed by atoms with Crippen molar-refractivity contribution in [2.45, 2.75) is 31.7 Å². The second kappa shape index (κ2) is 6.85. The van der Waals surface area contributed by atoms with Crippen LogP contribution in [-0.4, -0.2) is 48.2 Å². The Morgan fingerprint density at radius 3 is 3.10 bits per heavy atom. The van der Waals surface area contributed by atoms with Crippen molar-refractivity contribution in [1.82, 2.24) is 4.90 Å². The van der Waals surface area contributed by atoms with Crippen molar-refractivity contribution in [2.24, 2.45) is 0 Å². The molecule has 20 heavy (non-hydrogen) atoms. The van der Waals surface area contributed by atoms with Crippen LogP contribution >= 0.6 is 11.3 Å². The number of amides is 1. The van der Waals surface area contributed by atoms with E-state index in [2.05, 4.69) is 0 Å². The van der Waals surface area contributed by atoms with Crippen molar-refractivity contribution < 1.29 is 19.4 Å². The highest BCUT2D eigenvalue weighted by molar-refractivity contribution is 7.12. The van der Waals surface area contributed by atoms with Crippen LogP contribution < -0.4 is 0 Å². The van der Waals surface area contributed by atoms with Gasteiger partial charge in [-0.05, 0) is 36.3 Å². The van der Waals surface area contributed by atoms with Crippen molar-refractivity contribution in [2.75, 3.05) is 20.3 Å². The Kier molecular flexibility index (Phi) is 5.14. The lowest BCUT2D eigenvalue weighted by Gasteiger charge is -2.23. The Bertz CT molecular complexity index is 485. The number of aliphatic hydroxyl groups excluding tert-OH is 1. The van der Waals surface area contributed by atoms with Crippen LogP contribution in [0.25, 0.3) is 0 Å². The van der Waals surface area contributed by atoms with Gasteiger partial charge in [0.1, 0.15) is 4.88 Å². The topological polar surface area (TPSA) is 66.8 Å². The molecule has 0 unspecified atom stereocenters. The summed E-state index contributed by atoms with van der Waals surface area (Å²) in [6.07, 6.45) is 2.77. The summed E-state index contributed by atoms with van der Waals surface area (Å²) in [5, 5.41) is 11.1. The second-order valence-corrected chi connectivity index (χ2v) is 5.75. The number of carbonyl (C=O) groups is 2. The lowest BCUT2D eigenvalue weighted by Crippen LogP contribution is -2.36. The minimum Gasteiger partial charge on any atom is -0.465 e. The first-order valence-corrected chi connectivity index (χ1v) is 7.60. The summed E-state index contributed by atoms with van der Waals surface area (Å²) < 4.78 is 4.74. The number of carbonyl (C=O) groups excluding carboxylic acids is 2. The number of hydrogen-bond acceptors (Lipinski definition) is 5. The lowest BCUT2D eigenvalue weighted by molar-refractivity contribution is -0.129. The number of aryl methyl sites for hydroxylation is 1. The number of rotatable bonds is 6. The first-order valence-electron chi connectivity index (χ1n) is 6.72. The smallest absolute Gasteiger partial charge is 0.348 e. The molecule has 0 spiro atoms. The molecule has 110 valence electrons. The second-order valence-electron chi connectivity index (χ2n) is 4.83. The number of aliphatic hydroxyl groups is 1. The van der Waals surface area contributed by atoms with Gasteiger partial charge in [0.05, 0.1) is 19.8 Å². The zero-order valence-corrected chi connectivity index (χ0v) is 12.3. The zero-order chi connectivity index (χ0) is 14.5. The molecule has 0 saturated carbocycles. The van der Waals surface area contributed by atoms with Crippen LogP contribution in [0.2, 0.25) is 0 Å². The van der Waals surface area contributed by atoms with Gasteiger partial charge in [0.15, 0.2) is 0 Å². The van der Waals surface area contributed by atoms with E-state index >= 15 is 0 Å². The number of likely N-dealkylation sites (tertiary alicyclic amines) is 1. The van der Waals surface area contributed by atoms with Crippen LogP contribution in [0.15, 0.2) is 11.4 Å². The Balaban J connectivity index is 1.88. The van der Waals surface area contributed by atoms with Crippen LogP contribution in [0, 0.1) is 0 Å². The maximum absolute atomic E-state index is 11.7. The van der Waals surface area contributed by atoms with E-state index in [0.717, 1.165) is 24.8 Å². The number of hydrogen-bond donors (Lipinski definition) is 1. The van der Waals surface area contributed by atoms with E-state index in [1.165, 1.54) is 18.4 Å². The summed E-state index contributed by atoms with van der Waals surface area (Å²) in [7, 11) is 1.38. The average molecular weight is 297 g/mol. The van der Waals surface area contributed by atoms with Gasteiger partial charge < -0.3 is 14.7 Å². The lowest BCUT2D eigenvalue weighted by atomic mass is 10.1. The summed E-state index contributed by atoms with van der Waals surface area (Å²) in [6.45, 7) is 0.651. The van der Waals surface area contributed by atoms with Gasteiger partial charge in [0.25, 0.3) is 0 Å². The van der Waals surface area contributed by atoms with Crippen molar-refractivity contribution in [3.8, 4) is 0 Å². The van der Waals surface area contributed by atoms with Crippen molar-refractivity contribution in [3.63, 3.8) is 0 Å². The molecule has 0 aromatic carbocycles. The Morgan fingerprint density at radius 2 is 2.40 bits per heavy atom. The molecule has 1 atom stereocenters. The van der Waals surface area contributed by atoms with E-state index < -0.39 is 0 Å². The maximum atomic E-state index is 11.7. The van der Waals surface area contributed by atoms with Gasteiger partial charge in [-0.15, -0.1) is 11.3 Å². The van der Waals surface area contributed by atoms with E-state index in [-0.39, 0.29) is 24.5 Å².